The van der Waals surface area contributed by atoms with Gasteiger partial charge in [-0.05, 0) is 12.1 Å². The molecule has 0 saturated carbocycles. The van der Waals surface area contributed by atoms with Gasteiger partial charge in [0.15, 0.2) is 0 Å². The lowest BCUT2D eigenvalue weighted by atomic mass is 10.2. The van der Waals surface area contributed by atoms with E-state index in [1.807, 2.05) is 6.07 Å². The molecule has 8 heteroatoms. The molecule has 0 aliphatic carbocycles. The fourth-order valence-electron chi connectivity index (χ4n) is 1.99. The zero-order valence-electron chi connectivity index (χ0n) is 9.71. The molecule has 0 aromatic heterocycles. The normalized spacial score (nSPS) is 19.5. The van der Waals surface area contributed by atoms with Crippen LogP contribution in [0.2, 0.25) is 5.02 Å². The number of para-hydroxylation sites is 1. The second kappa shape index (κ2) is 4.81. The molecular weight excluding hydrogens is 290 g/mol. The van der Waals surface area contributed by atoms with Gasteiger partial charge in [-0.15, -0.1) is 0 Å². The van der Waals surface area contributed by atoms with E-state index in [-0.39, 0.29) is 29.2 Å². The zero-order valence-corrected chi connectivity index (χ0v) is 11.3. The van der Waals surface area contributed by atoms with Gasteiger partial charge >= 0.3 is 0 Å². The topological polar surface area (TPSA) is 104 Å². The molecule has 6 nitrogen and oxygen atoms in total. The first kappa shape index (κ1) is 13.8. The summed E-state index contributed by atoms with van der Waals surface area (Å²) in [4.78, 5) is 13.1. The number of benzene rings is 1. The van der Waals surface area contributed by atoms with Gasteiger partial charge in [-0.1, -0.05) is 17.7 Å². The summed E-state index contributed by atoms with van der Waals surface area (Å²) in [5, 5.41) is 13.3. The van der Waals surface area contributed by atoms with Crippen LogP contribution in [-0.4, -0.2) is 26.1 Å². The molecule has 1 aromatic carbocycles. The molecule has 2 N–H and O–H groups in total. The van der Waals surface area contributed by atoms with Crippen molar-refractivity contribution in [2.45, 2.75) is 11.7 Å². The molecule has 1 aromatic rings. The molecule has 1 atom stereocenters. The zero-order chi connectivity index (χ0) is 14.2. The van der Waals surface area contributed by atoms with Crippen molar-refractivity contribution in [3.05, 3.63) is 28.8 Å². The van der Waals surface area contributed by atoms with Gasteiger partial charge in [-0.25, -0.2) is 13.6 Å². The number of hydrogen-bond acceptors (Lipinski definition) is 4. The molecule has 0 bridgehead atoms. The van der Waals surface area contributed by atoms with Crippen molar-refractivity contribution in [3.8, 4) is 6.07 Å². The first-order chi connectivity index (χ1) is 8.84. The van der Waals surface area contributed by atoms with Gasteiger partial charge in [-0.3, -0.25) is 4.79 Å². The summed E-state index contributed by atoms with van der Waals surface area (Å²) in [6.45, 7) is -0.0872. The number of hydrogen-bond donors (Lipinski definition) is 1. The largest absolute Gasteiger partial charge is 0.308 e. The number of nitriles is 1. The second-order valence-corrected chi connectivity index (χ2v) is 6.42. The van der Waals surface area contributed by atoms with Gasteiger partial charge in [0.2, 0.25) is 15.9 Å². The van der Waals surface area contributed by atoms with Crippen LogP contribution < -0.4 is 10.0 Å². The summed E-state index contributed by atoms with van der Waals surface area (Å²) in [5.74, 6) is -0.413. The third-order valence-corrected chi connectivity index (χ3v) is 4.48. The third-order valence-electron chi connectivity index (χ3n) is 2.93. The lowest BCUT2D eigenvalue weighted by molar-refractivity contribution is -0.117. The second-order valence-electron chi connectivity index (χ2n) is 4.17. The Balaban J connectivity index is 2.45. The van der Waals surface area contributed by atoms with Gasteiger partial charge in [0, 0.05) is 13.0 Å². The molecule has 1 amide bonds. The standard InChI is InChI=1S/C11H10ClN3O3S/c12-9-3-1-2-7(5-13)11(9)15-6-8(4-10(15)16)19(14,17)18/h1-3,8H,4,6H2,(H2,14,17,18). The highest BCUT2D eigenvalue weighted by atomic mass is 35.5. The molecule has 1 saturated heterocycles. The molecule has 1 fully saturated rings. The number of nitrogens with zero attached hydrogens (tertiary/aromatic N) is 2. The van der Waals surface area contributed by atoms with Crippen LogP contribution in [-0.2, 0) is 14.8 Å². The van der Waals surface area contributed by atoms with E-state index in [4.69, 9.17) is 22.0 Å². The van der Waals surface area contributed by atoms with E-state index < -0.39 is 21.2 Å². The number of nitrogens with two attached hydrogens (primary N) is 1. The summed E-state index contributed by atoms with van der Waals surface area (Å²) in [5.41, 5.74) is 0.457. The van der Waals surface area contributed by atoms with E-state index in [9.17, 15) is 13.2 Å². The van der Waals surface area contributed by atoms with E-state index in [0.29, 0.717) is 0 Å². The molecule has 0 radical (unpaired) electrons. The fraction of sp³-hybridized carbons (Fsp3) is 0.273. The van der Waals surface area contributed by atoms with Crippen molar-refractivity contribution in [1.82, 2.24) is 0 Å². The maximum atomic E-state index is 11.9. The Kier molecular flexibility index (Phi) is 3.49. The summed E-state index contributed by atoms with van der Waals surface area (Å²) in [6.07, 6.45) is -0.199. The quantitative estimate of drug-likeness (QED) is 0.863. The monoisotopic (exact) mass is 299 g/mol. The Hall–Kier alpha value is -1.62. The summed E-state index contributed by atoms with van der Waals surface area (Å²) in [7, 11) is -3.80. The molecule has 1 heterocycles. The number of anilines is 1. The minimum absolute atomic E-state index is 0.0872. The number of carbonyl (C=O) groups is 1. The number of amides is 1. The molecule has 1 unspecified atom stereocenters. The van der Waals surface area contributed by atoms with E-state index in [1.54, 1.807) is 6.07 Å². The molecule has 19 heavy (non-hydrogen) atoms. The van der Waals surface area contributed by atoms with Gasteiger partial charge in [0.05, 0.1) is 16.3 Å². The molecular formula is C11H10ClN3O3S. The summed E-state index contributed by atoms with van der Waals surface area (Å²) < 4.78 is 22.6. The number of halogens is 1. The van der Waals surface area contributed by atoms with E-state index in [2.05, 4.69) is 0 Å². The van der Waals surface area contributed by atoms with Crippen LogP contribution in [0.25, 0.3) is 0 Å². The van der Waals surface area contributed by atoms with Crippen LogP contribution in [0.15, 0.2) is 18.2 Å². The average molecular weight is 300 g/mol. The SMILES string of the molecule is N#Cc1cccc(Cl)c1N1CC(S(N)(=O)=O)CC1=O. The predicted molar refractivity (Wildman–Crippen MR) is 70.0 cm³/mol. The molecule has 100 valence electrons. The number of sulfonamides is 1. The molecule has 1 aliphatic rings. The fourth-order valence-corrected chi connectivity index (χ4v) is 3.00. The minimum atomic E-state index is -3.80. The van der Waals surface area contributed by atoms with Crippen LogP contribution in [0.3, 0.4) is 0 Å². The Morgan fingerprint density at radius 3 is 2.68 bits per heavy atom. The first-order valence-corrected chi connectivity index (χ1v) is 7.34. The van der Waals surface area contributed by atoms with Crippen molar-refractivity contribution in [3.63, 3.8) is 0 Å². The van der Waals surface area contributed by atoms with Crippen LogP contribution >= 0.6 is 11.6 Å². The van der Waals surface area contributed by atoms with Gasteiger partial charge in [0.25, 0.3) is 0 Å². The third kappa shape index (κ3) is 2.56. The predicted octanol–water partition coefficient (Wildman–Crippen LogP) is 0.605. The van der Waals surface area contributed by atoms with Gasteiger partial charge in [0.1, 0.15) is 11.3 Å². The number of primary sulfonamides is 1. The van der Waals surface area contributed by atoms with Crippen LogP contribution in [0.5, 0.6) is 0 Å². The van der Waals surface area contributed by atoms with Crippen molar-refractivity contribution >= 4 is 33.2 Å². The van der Waals surface area contributed by atoms with Crippen LogP contribution in [0, 0.1) is 11.3 Å². The van der Waals surface area contributed by atoms with E-state index in [0.717, 1.165) is 0 Å². The van der Waals surface area contributed by atoms with Gasteiger partial charge < -0.3 is 4.90 Å². The number of carbonyl (C=O) groups excluding carboxylic acids is 1. The van der Waals surface area contributed by atoms with Crippen molar-refractivity contribution in [1.29, 1.82) is 5.26 Å². The smallest absolute Gasteiger partial charge is 0.228 e. The van der Waals surface area contributed by atoms with E-state index in [1.165, 1.54) is 17.0 Å². The Morgan fingerprint density at radius 1 is 1.47 bits per heavy atom. The maximum Gasteiger partial charge on any atom is 0.228 e. The Labute approximate surface area is 115 Å². The highest BCUT2D eigenvalue weighted by molar-refractivity contribution is 7.89. The molecule has 0 spiro atoms. The van der Waals surface area contributed by atoms with Crippen molar-refractivity contribution < 1.29 is 13.2 Å². The first-order valence-electron chi connectivity index (χ1n) is 5.35. The molecule has 2 rings (SSSR count). The van der Waals surface area contributed by atoms with Crippen molar-refractivity contribution in [2.75, 3.05) is 11.4 Å². The van der Waals surface area contributed by atoms with Crippen LogP contribution in [0.4, 0.5) is 5.69 Å². The van der Waals surface area contributed by atoms with Crippen molar-refractivity contribution in [2.24, 2.45) is 5.14 Å². The Bertz CT molecular complexity index is 681. The highest BCUT2D eigenvalue weighted by Crippen LogP contribution is 2.33. The Morgan fingerprint density at radius 2 is 2.16 bits per heavy atom. The summed E-state index contributed by atoms with van der Waals surface area (Å²) in [6, 6.07) is 6.56. The molecule has 1 aliphatic heterocycles. The van der Waals surface area contributed by atoms with E-state index >= 15 is 0 Å². The van der Waals surface area contributed by atoms with Crippen LogP contribution in [0.1, 0.15) is 12.0 Å². The minimum Gasteiger partial charge on any atom is -0.308 e. The maximum absolute atomic E-state index is 11.9. The highest BCUT2D eigenvalue weighted by Gasteiger charge is 2.38. The lowest BCUT2D eigenvalue weighted by Gasteiger charge is -2.19. The summed E-state index contributed by atoms with van der Waals surface area (Å²) >= 11 is 5.99. The number of rotatable bonds is 2. The van der Waals surface area contributed by atoms with Gasteiger partial charge in [-0.2, -0.15) is 5.26 Å². The average Bonchev–Trinajstić information content (AvgIpc) is 2.70. The lowest BCUT2D eigenvalue weighted by Crippen LogP contribution is -2.32.